The van der Waals surface area contributed by atoms with E-state index in [0.717, 1.165) is 22.3 Å². The number of nitrogens with one attached hydrogen (secondary N) is 2. The highest BCUT2D eigenvalue weighted by atomic mass is 16.5. The second-order valence-electron chi connectivity index (χ2n) is 5.57. The average Bonchev–Trinajstić information content (AvgIpc) is 3.14. The quantitative estimate of drug-likeness (QED) is 0.772. The Hall–Kier alpha value is -3.15. The van der Waals surface area contributed by atoms with Gasteiger partial charge in [0.15, 0.2) is 0 Å². The zero-order valence-corrected chi connectivity index (χ0v) is 12.9. The lowest BCUT2D eigenvalue weighted by Gasteiger charge is -2.15. The lowest BCUT2D eigenvalue weighted by molar-refractivity contribution is 0.294. The molecule has 1 aromatic heterocycles. The third kappa shape index (κ3) is 2.74. The lowest BCUT2D eigenvalue weighted by Crippen LogP contribution is -2.19. The number of aliphatic imine (C=N–C) groups is 1. The number of fused-ring (bicyclic) bond motifs is 1. The van der Waals surface area contributed by atoms with E-state index in [9.17, 15) is 4.79 Å². The van der Waals surface area contributed by atoms with E-state index in [1.807, 2.05) is 48.5 Å². The average molecular weight is 320 g/mol. The Morgan fingerprint density at radius 2 is 1.96 bits per heavy atom. The summed E-state index contributed by atoms with van der Waals surface area (Å²) >= 11 is 0. The van der Waals surface area contributed by atoms with Crippen molar-refractivity contribution in [2.24, 2.45) is 4.99 Å². The van der Waals surface area contributed by atoms with E-state index in [1.54, 1.807) is 6.34 Å². The van der Waals surface area contributed by atoms with Gasteiger partial charge >= 0.3 is 0 Å². The fraction of sp³-hybridized carbons (Fsp3) is 0.167. The number of H-pyrrole nitrogens is 1. The maximum absolute atomic E-state index is 12.2. The predicted octanol–water partition coefficient (Wildman–Crippen LogP) is 2.17. The molecule has 2 N–H and O–H groups in total. The van der Waals surface area contributed by atoms with Gasteiger partial charge in [0.1, 0.15) is 18.1 Å². The van der Waals surface area contributed by atoms with Crippen molar-refractivity contribution in [3.63, 3.8) is 0 Å². The molecule has 1 aliphatic heterocycles. The summed E-state index contributed by atoms with van der Waals surface area (Å²) in [5.74, 6) is 0.731. The van der Waals surface area contributed by atoms with E-state index >= 15 is 0 Å². The summed E-state index contributed by atoms with van der Waals surface area (Å²) < 4.78 is 5.89. The Morgan fingerprint density at radius 3 is 2.83 bits per heavy atom. The first kappa shape index (κ1) is 14.4. The number of ether oxygens (including phenoxy) is 1. The molecule has 2 heterocycles. The smallest absolute Gasteiger partial charge is 0.273 e. The minimum Gasteiger partial charge on any atom is -0.487 e. The predicted molar refractivity (Wildman–Crippen MR) is 92.4 cm³/mol. The number of nitrogens with zero attached hydrogens (tertiary/aromatic N) is 2. The second kappa shape index (κ2) is 6.16. The molecule has 24 heavy (non-hydrogen) atoms. The molecule has 0 saturated heterocycles. The molecule has 6 heteroatoms. The van der Waals surface area contributed by atoms with Crippen molar-refractivity contribution in [1.82, 2.24) is 15.3 Å². The summed E-state index contributed by atoms with van der Waals surface area (Å²) in [6, 6.07) is 15.3. The van der Waals surface area contributed by atoms with Crippen molar-refractivity contribution in [1.29, 1.82) is 0 Å². The van der Waals surface area contributed by atoms with Crippen LogP contribution in [0.3, 0.4) is 0 Å². The van der Waals surface area contributed by atoms with Gasteiger partial charge in [-0.3, -0.25) is 9.79 Å². The molecule has 0 bridgehead atoms. The van der Waals surface area contributed by atoms with Crippen LogP contribution in [0.4, 0.5) is 0 Å². The van der Waals surface area contributed by atoms with E-state index < -0.39 is 0 Å². The maximum Gasteiger partial charge on any atom is 0.273 e. The van der Waals surface area contributed by atoms with E-state index in [1.165, 1.54) is 0 Å². The van der Waals surface area contributed by atoms with Gasteiger partial charge in [-0.15, -0.1) is 0 Å². The highest BCUT2D eigenvalue weighted by molar-refractivity contribution is 5.73. The normalized spacial score (nSPS) is 16.2. The second-order valence-corrected chi connectivity index (χ2v) is 5.57. The lowest BCUT2D eigenvalue weighted by atomic mass is 10.1. The summed E-state index contributed by atoms with van der Waals surface area (Å²) in [6.07, 6.45) is 1.71. The standard InChI is InChI=1S/C18H16N4O2/c23-18-16(21-13-6-2-3-7-14(13)22-18)10-24-17-8-4-1-5-12(17)15-9-19-11-20-15/h1-8,11,15H,9-10H2,(H,19,20)(H,22,23). The van der Waals surface area contributed by atoms with Gasteiger partial charge in [0.2, 0.25) is 0 Å². The van der Waals surface area contributed by atoms with Crippen LogP contribution in [0.1, 0.15) is 17.3 Å². The number of hydrogen-bond donors (Lipinski definition) is 2. The highest BCUT2D eigenvalue weighted by Gasteiger charge is 2.17. The van der Waals surface area contributed by atoms with Gasteiger partial charge in [0, 0.05) is 5.56 Å². The van der Waals surface area contributed by atoms with Crippen molar-refractivity contribution in [2.75, 3.05) is 6.54 Å². The van der Waals surface area contributed by atoms with Gasteiger partial charge in [0.25, 0.3) is 5.56 Å². The minimum atomic E-state index is -0.228. The molecule has 2 aromatic carbocycles. The van der Waals surface area contributed by atoms with Crippen molar-refractivity contribution >= 4 is 17.4 Å². The van der Waals surface area contributed by atoms with Gasteiger partial charge in [0.05, 0.1) is 30.0 Å². The number of benzene rings is 2. The minimum absolute atomic E-state index is 0.101. The van der Waals surface area contributed by atoms with Crippen LogP contribution in [0.25, 0.3) is 11.0 Å². The number of hydrogen-bond acceptors (Lipinski definition) is 5. The molecule has 0 fully saturated rings. The van der Waals surface area contributed by atoms with Crippen LogP contribution in [0.2, 0.25) is 0 Å². The fourth-order valence-corrected chi connectivity index (χ4v) is 2.75. The van der Waals surface area contributed by atoms with Crippen LogP contribution in [-0.2, 0) is 6.61 Å². The zero-order valence-electron chi connectivity index (χ0n) is 12.9. The topological polar surface area (TPSA) is 79.4 Å². The van der Waals surface area contributed by atoms with Gasteiger partial charge in [-0.2, -0.15) is 0 Å². The largest absolute Gasteiger partial charge is 0.487 e. The summed E-state index contributed by atoms with van der Waals surface area (Å²) in [4.78, 5) is 23.6. The number of rotatable bonds is 4. The van der Waals surface area contributed by atoms with Crippen molar-refractivity contribution in [3.8, 4) is 5.75 Å². The molecular formula is C18H16N4O2. The molecule has 0 saturated carbocycles. The molecule has 3 aromatic rings. The fourth-order valence-electron chi connectivity index (χ4n) is 2.75. The van der Waals surface area contributed by atoms with Crippen molar-refractivity contribution < 1.29 is 4.74 Å². The third-order valence-corrected chi connectivity index (χ3v) is 3.98. The Kier molecular flexibility index (Phi) is 3.70. The van der Waals surface area contributed by atoms with Crippen LogP contribution in [-0.4, -0.2) is 22.9 Å². The van der Waals surface area contributed by atoms with Crippen molar-refractivity contribution in [2.45, 2.75) is 12.6 Å². The number of aromatic amines is 1. The maximum atomic E-state index is 12.2. The van der Waals surface area contributed by atoms with Gasteiger partial charge < -0.3 is 15.0 Å². The molecule has 6 nitrogen and oxygen atoms in total. The monoisotopic (exact) mass is 320 g/mol. The molecule has 0 radical (unpaired) electrons. The SMILES string of the molecule is O=c1[nH]c2ccccc2nc1COc1ccccc1C1CN=CN1. The molecule has 1 aliphatic rings. The molecular weight excluding hydrogens is 304 g/mol. The summed E-state index contributed by atoms with van der Waals surface area (Å²) in [5, 5.41) is 3.19. The molecule has 0 spiro atoms. The van der Waals surface area contributed by atoms with Crippen LogP contribution in [0, 0.1) is 0 Å². The van der Waals surface area contributed by atoms with E-state index in [0.29, 0.717) is 12.2 Å². The summed E-state index contributed by atoms with van der Waals surface area (Å²) in [7, 11) is 0. The van der Waals surface area contributed by atoms with Gasteiger partial charge in [-0.05, 0) is 18.2 Å². The first-order chi connectivity index (χ1) is 11.8. The zero-order chi connectivity index (χ0) is 16.4. The first-order valence-corrected chi connectivity index (χ1v) is 7.75. The van der Waals surface area contributed by atoms with Gasteiger partial charge in [-0.25, -0.2) is 4.98 Å². The highest BCUT2D eigenvalue weighted by Crippen LogP contribution is 2.26. The van der Waals surface area contributed by atoms with Crippen LogP contribution < -0.4 is 15.6 Å². The van der Waals surface area contributed by atoms with E-state index in [4.69, 9.17) is 4.74 Å². The van der Waals surface area contributed by atoms with Crippen molar-refractivity contribution in [3.05, 3.63) is 70.1 Å². The van der Waals surface area contributed by atoms with Crippen LogP contribution >= 0.6 is 0 Å². The molecule has 0 aliphatic carbocycles. The molecule has 1 unspecified atom stereocenters. The van der Waals surface area contributed by atoms with E-state index in [2.05, 4.69) is 20.3 Å². The molecule has 4 rings (SSSR count). The van der Waals surface area contributed by atoms with E-state index in [-0.39, 0.29) is 18.2 Å². The van der Waals surface area contributed by atoms with Crippen LogP contribution in [0.15, 0.2) is 58.3 Å². The van der Waals surface area contributed by atoms with Gasteiger partial charge in [-0.1, -0.05) is 30.3 Å². The molecule has 120 valence electrons. The number of para-hydroxylation sites is 3. The molecule has 0 amide bonds. The Labute approximate surface area is 138 Å². The summed E-state index contributed by atoms with van der Waals surface area (Å²) in [6.45, 7) is 0.792. The first-order valence-electron chi connectivity index (χ1n) is 7.75. The Morgan fingerprint density at radius 1 is 1.12 bits per heavy atom. The Balaban J connectivity index is 1.59. The van der Waals surface area contributed by atoms with Crippen LogP contribution in [0.5, 0.6) is 5.75 Å². The Bertz CT molecular complexity index is 956. The summed E-state index contributed by atoms with van der Waals surface area (Å²) in [5.41, 5.74) is 2.62. The third-order valence-electron chi connectivity index (χ3n) is 3.98. The molecule has 1 atom stereocenters. The number of aromatic nitrogens is 2.